The van der Waals surface area contributed by atoms with E-state index in [1.165, 1.54) is 12.1 Å². The van der Waals surface area contributed by atoms with E-state index in [9.17, 15) is 10.1 Å². The molecule has 0 aliphatic heterocycles. The molecule has 0 aliphatic rings. The van der Waals surface area contributed by atoms with Gasteiger partial charge in [-0.2, -0.15) is 5.10 Å². The third-order valence-electron chi connectivity index (χ3n) is 3.53. The van der Waals surface area contributed by atoms with Gasteiger partial charge in [0.15, 0.2) is 16.6 Å². The Kier molecular flexibility index (Phi) is 8.16. The van der Waals surface area contributed by atoms with Crippen LogP contribution in [0.15, 0.2) is 47.6 Å². The van der Waals surface area contributed by atoms with Crippen molar-refractivity contribution >= 4 is 29.2 Å². The van der Waals surface area contributed by atoms with E-state index >= 15 is 0 Å². The maximum atomic E-state index is 10.7. The van der Waals surface area contributed by atoms with Crippen molar-refractivity contribution in [2.45, 2.75) is 20.5 Å². The van der Waals surface area contributed by atoms with Gasteiger partial charge >= 0.3 is 0 Å². The van der Waals surface area contributed by atoms with Crippen LogP contribution in [0.2, 0.25) is 0 Å². The third kappa shape index (κ3) is 6.51. The van der Waals surface area contributed by atoms with Crippen molar-refractivity contribution in [3.05, 3.63) is 63.7 Å². The zero-order valence-corrected chi connectivity index (χ0v) is 16.5. The quantitative estimate of drug-likeness (QED) is 0.287. The number of rotatable bonds is 9. The fraction of sp³-hybridized carbons (Fsp3) is 0.263. The molecule has 0 spiro atoms. The molecule has 28 heavy (non-hydrogen) atoms. The molecule has 2 N–H and O–H groups in total. The smallest absolute Gasteiger partial charge is 0.269 e. The predicted octanol–water partition coefficient (Wildman–Crippen LogP) is 3.39. The van der Waals surface area contributed by atoms with Crippen molar-refractivity contribution in [1.82, 2.24) is 10.7 Å². The molecule has 0 amide bonds. The summed E-state index contributed by atoms with van der Waals surface area (Å²) in [5.74, 6) is 1.16. The Balaban J connectivity index is 2.04. The molecule has 0 unspecified atom stereocenters. The second-order valence-electron chi connectivity index (χ2n) is 5.58. The fourth-order valence-corrected chi connectivity index (χ4v) is 2.43. The van der Waals surface area contributed by atoms with Gasteiger partial charge in [-0.15, -0.1) is 0 Å². The van der Waals surface area contributed by atoms with Gasteiger partial charge in [-0.3, -0.25) is 15.5 Å². The Labute approximate surface area is 168 Å². The first kappa shape index (κ1) is 21.1. The number of ether oxygens (including phenoxy) is 2. The molecule has 8 nitrogen and oxygen atoms in total. The lowest BCUT2D eigenvalue weighted by molar-refractivity contribution is -0.384. The van der Waals surface area contributed by atoms with Crippen LogP contribution in [0.5, 0.6) is 11.5 Å². The number of benzene rings is 2. The summed E-state index contributed by atoms with van der Waals surface area (Å²) in [6, 6.07) is 11.7. The lowest BCUT2D eigenvalue weighted by atomic mass is 10.2. The zero-order chi connectivity index (χ0) is 20.4. The molecule has 0 aliphatic carbocycles. The van der Waals surface area contributed by atoms with Crippen molar-refractivity contribution in [1.29, 1.82) is 0 Å². The standard InChI is InChI=1S/C19H22N4O4S/c1-3-20-19(28)22-21-12-15-7-10-17(18(11-15)26-4-2)27-13-14-5-8-16(9-6-14)23(24)25/h5-12H,3-4,13H2,1-2H3,(H2,20,22,28)/b21-12-. The van der Waals surface area contributed by atoms with Crippen LogP contribution in [0.3, 0.4) is 0 Å². The van der Waals surface area contributed by atoms with E-state index in [4.69, 9.17) is 21.7 Å². The van der Waals surface area contributed by atoms with Crippen LogP contribution in [0.4, 0.5) is 5.69 Å². The normalized spacial score (nSPS) is 10.5. The molecule has 0 bridgehead atoms. The minimum Gasteiger partial charge on any atom is -0.490 e. The topological polar surface area (TPSA) is 98.0 Å². The minimum atomic E-state index is -0.433. The van der Waals surface area contributed by atoms with E-state index in [1.807, 2.05) is 26.0 Å². The van der Waals surface area contributed by atoms with Crippen molar-refractivity contribution in [2.24, 2.45) is 5.10 Å². The van der Waals surface area contributed by atoms with E-state index in [-0.39, 0.29) is 12.3 Å². The molecule has 2 aromatic carbocycles. The SMILES string of the molecule is CCNC(=S)N/N=C\c1ccc(OCc2ccc([N+](=O)[O-])cc2)c(OCC)c1. The van der Waals surface area contributed by atoms with Gasteiger partial charge in [0.1, 0.15) is 6.61 Å². The molecular formula is C19H22N4O4S. The Morgan fingerprint density at radius 3 is 2.57 bits per heavy atom. The van der Waals surface area contributed by atoms with E-state index in [1.54, 1.807) is 24.4 Å². The lowest BCUT2D eigenvalue weighted by Gasteiger charge is -2.12. The predicted molar refractivity (Wildman–Crippen MR) is 112 cm³/mol. The number of nitro benzene ring substituents is 1. The third-order valence-corrected chi connectivity index (χ3v) is 3.76. The molecule has 0 heterocycles. The first-order chi connectivity index (χ1) is 13.5. The number of thiocarbonyl (C=S) groups is 1. The first-order valence-corrected chi connectivity index (χ1v) is 9.14. The highest BCUT2D eigenvalue weighted by atomic mass is 32.1. The van der Waals surface area contributed by atoms with Gasteiger partial charge in [-0.25, -0.2) is 0 Å². The second kappa shape index (κ2) is 10.8. The molecular weight excluding hydrogens is 380 g/mol. The summed E-state index contributed by atoms with van der Waals surface area (Å²) in [5.41, 5.74) is 4.41. The number of non-ortho nitro benzene ring substituents is 1. The number of nitrogens with zero attached hydrogens (tertiary/aromatic N) is 2. The highest BCUT2D eigenvalue weighted by Gasteiger charge is 2.08. The Bertz CT molecular complexity index is 840. The molecule has 0 fully saturated rings. The van der Waals surface area contributed by atoms with Gasteiger partial charge in [0.25, 0.3) is 5.69 Å². The number of nitrogens with one attached hydrogen (secondary N) is 2. The van der Waals surface area contributed by atoms with Crippen LogP contribution in [-0.2, 0) is 6.61 Å². The number of hydrogen-bond acceptors (Lipinski definition) is 6. The average molecular weight is 402 g/mol. The van der Waals surface area contributed by atoms with Gasteiger partial charge in [-0.05, 0) is 67.5 Å². The summed E-state index contributed by atoms with van der Waals surface area (Å²) in [5, 5.41) is 18.2. The van der Waals surface area contributed by atoms with Gasteiger partial charge < -0.3 is 14.8 Å². The van der Waals surface area contributed by atoms with Crippen molar-refractivity contribution < 1.29 is 14.4 Å². The van der Waals surface area contributed by atoms with Crippen molar-refractivity contribution in [2.75, 3.05) is 13.2 Å². The minimum absolute atomic E-state index is 0.0459. The van der Waals surface area contributed by atoms with Gasteiger partial charge in [-0.1, -0.05) is 0 Å². The highest BCUT2D eigenvalue weighted by Crippen LogP contribution is 2.29. The second-order valence-corrected chi connectivity index (χ2v) is 5.99. The maximum absolute atomic E-state index is 10.7. The van der Waals surface area contributed by atoms with Gasteiger partial charge in [0, 0.05) is 18.7 Å². The largest absolute Gasteiger partial charge is 0.490 e. The monoisotopic (exact) mass is 402 g/mol. The molecule has 0 saturated heterocycles. The van der Waals surface area contributed by atoms with Crippen LogP contribution in [-0.4, -0.2) is 29.4 Å². The zero-order valence-electron chi connectivity index (χ0n) is 15.7. The molecule has 0 radical (unpaired) electrons. The van der Waals surface area contributed by atoms with E-state index in [2.05, 4.69) is 15.8 Å². The van der Waals surface area contributed by atoms with E-state index in [0.29, 0.717) is 23.2 Å². The van der Waals surface area contributed by atoms with Crippen molar-refractivity contribution in [3.8, 4) is 11.5 Å². The van der Waals surface area contributed by atoms with Crippen LogP contribution in [0, 0.1) is 10.1 Å². The summed E-state index contributed by atoms with van der Waals surface area (Å²) in [6.45, 7) is 5.30. The summed E-state index contributed by atoms with van der Waals surface area (Å²) < 4.78 is 11.5. The molecule has 148 valence electrons. The highest BCUT2D eigenvalue weighted by molar-refractivity contribution is 7.80. The number of hydrazone groups is 1. The van der Waals surface area contributed by atoms with Crippen LogP contribution in [0.1, 0.15) is 25.0 Å². The van der Waals surface area contributed by atoms with Gasteiger partial charge in [0.05, 0.1) is 17.7 Å². The molecule has 0 aromatic heterocycles. The fourth-order valence-electron chi connectivity index (χ4n) is 2.23. The van der Waals surface area contributed by atoms with Gasteiger partial charge in [0.2, 0.25) is 0 Å². The van der Waals surface area contributed by atoms with Crippen LogP contribution < -0.4 is 20.2 Å². The molecule has 2 aromatic rings. The van der Waals surface area contributed by atoms with Crippen LogP contribution in [0.25, 0.3) is 0 Å². The molecule has 2 rings (SSSR count). The number of nitro groups is 1. The lowest BCUT2D eigenvalue weighted by Crippen LogP contribution is -2.31. The molecule has 9 heteroatoms. The Morgan fingerprint density at radius 2 is 1.93 bits per heavy atom. The molecule has 0 atom stereocenters. The summed E-state index contributed by atoms with van der Waals surface area (Å²) in [7, 11) is 0. The average Bonchev–Trinajstić information content (AvgIpc) is 2.68. The van der Waals surface area contributed by atoms with E-state index < -0.39 is 4.92 Å². The Morgan fingerprint density at radius 1 is 1.18 bits per heavy atom. The number of hydrogen-bond donors (Lipinski definition) is 2. The summed E-state index contributed by atoms with van der Waals surface area (Å²) in [4.78, 5) is 10.3. The van der Waals surface area contributed by atoms with Crippen molar-refractivity contribution in [3.63, 3.8) is 0 Å². The molecule has 0 saturated carbocycles. The van der Waals surface area contributed by atoms with E-state index in [0.717, 1.165) is 17.7 Å². The Hall–Kier alpha value is -3.20. The summed E-state index contributed by atoms with van der Waals surface area (Å²) >= 11 is 5.04. The first-order valence-electron chi connectivity index (χ1n) is 8.73. The van der Waals surface area contributed by atoms with Crippen LogP contribution >= 0.6 is 12.2 Å². The maximum Gasteiger partial charge on any atom is 0.269 e. The summed E-state index contributed by atoms with van der Waals surface area (Å²) in [6.07, 6.45) is 1.63.